The van der Waals surface area contributed by atoms with Crippen LogP contribution in [0, 0.1) is 0 Å². The standard InChI is InChI=1S/C24H18N2O2S/c1-2-28-24(27)17-14-20(25-18-8-4-3-7-16(17)18)15-11-12-23-21(13-15)26-19-9-5-6-10-22(19)29-23/h3-14,26H,2H2,1H3. The van der Waals surface area contributed by atoms with E-state index in [9.17, 15) is 4.79 Å². The summed E-state index contributed by atoms with van der Waals surface area (Å²) in [5.41, 5.74) is 5.16. The number of hydrogen-bond acceptors (Lipinski definition) is 5. The summed E-state index contributed by atoms with van der Waals surface area (Å²) in [6, 6.07) is 24.0. The fourth-order valence-electron chi connectivity index (χ4n) is 3.50. The number of hydrogen-bond donors (Lipinski definition) is 1. The summed E-state index contributed by atoms with van der Waals surface area (Å²) >= 11 is 1.75. The van der Waals surface area contributed by atoms with Gasteiger partial charge in [0.15, 0.2) is 0 Å². The van der Waals surface area contributed by atoms with E-state index in [0.29, 0.717) is 12.2 Å². The Kier molecular flexibility index (Phi) is 4.45. The van der Waals surface area contributed by atoms with E-state index in [4.69, 9.17) is 9.72 Å². The van der Waals surface area contributed by atoms with Crippen LogP contribution in [0.3, 0.4) is 0 Å². The van der Waals surface area contributed by atoms with Crippen LogP contribution in [0.5, 0.6) is 0 Å². The summed E-state index contributed by atoms with van der Waals surface area (Å²) in [6.07, 6.45) is 0. The van der Waals surface area contributed by atoms with Crippen molar-refractivity contribution in [1.29, 1.82) is 0 Å². The molecule has 4 aromatic rings. The molecule has 5 heteroatoms. The number of rotatable bonds is 3. The van der Waals surface area contributed by atoms with Crippen molar-refractivity contribution in [2.24, 2.45) is 0 Å². The van der Waals surface area contributed by atoms with Crippen molar-refractivity contribution in [3.8, 4) is 11.3 Å². The average molecular weight is 398 g/mol. The Morgan fingerprint density at radius 1 is 0.966 bits per heavy atom. The van der Waals surface area contributed by atoms with Crippen molar-refractivity contribution in [1.82, 2.24) is 4.98 Å². The highest BCUT2D eigenvalue weighted by molar-refractivity contribution is 7.99. The smallest absolute Gasteiger partial charge is 0.338 e. The van der Waals surface area contributed by atoms with Gasteiger partial charge < -0.3 is 10.1 Å². The number of nitrogens with zero attached hydrogens (tertiary/aromatic N) is 1. The predicted octanol–water partition coefficient (Wildman–Crippen LogP) is 6.29. The second kappa shape index (κ2) is 7.26. The quantitative estimate of drug-likeness (QED) is 0.362. The van der Waals surface area contributed by atoms with Crippen LogP contribution in [0.1, 0.15) is 17.3 Å². The van der Waals surface area contributed by atoms with Gasteiger partial charge in [0.2, 0.25) is 0 Å². The summed E-state index contributed by atoms with van der Waals surface area (Å²) in [5.74, 6) is -0.326. The van der Waals surface area contributed by atoms with E-state index in [1.807, 2.05) is 55.5 Å². The zero-order chi connectivity index (χ0) is 19.8. The molecule has 0 saturated heterocycles. The van der Waals surface area contributed by atoms with E-state index in [0.717, 1.165) is 33.5 Å². The minimum absolute atomic E-state index is 0.326. The molecule has 0 saturated carbocycles. The van der Waals surface area contributed by atoms with E-state index in [-0.39, 0.29) is 5.97 Å². The van der Waals surface area contributed by atoms with Crippen molar-refractivity contribution < 1.29 is 9.53 Å². The highest BCUT2D eigenvalue weighted by Gasteiger charge is 2.18. The molecule has 142 valence electrons. The van der Waals surface area contributed by atoms with Gasteiger partial charge in [-0.1, -0.05) is 48.2 Å². The summed E-state index contributed by atoms with van der Waals surface area (Å²) in [4.78, 5) is 19.7. The minimum atomic E-state index is -0.326. The van der Waals surface area contributed by atoms with Crippen LogP contribution in [-0.2, 0) is 4.74 Å². The van der Waals surface area contributed by atoms with E-state index in [2.05, 4.69) is 29.6 Å². The third-order valence-electron chi connectivity index (χ3n) is 4.86. The number of benzene rings is 3. The number of aromatic nitrogens is 1. The molecule has 0 atom stereocenters. The van der Waals surface area contributed by atoms with Crippen LogP contribution in [-0.4, -0.2) is 17.6 Å². The zero-order valence-corrected chi connectivity index (χ0v) is 16.6. The number of esters is 1. The van der Waals surface area contributed by atoms with Crippen molar-refractivity contribution in [2.45, 2.75) is 16.7 Å². The summed E-state index contributed by atoms with van der Waals surface area (Å²) in [5, 5.41) is 4.31. The molecule has 0 fully saturated rings. The number of carbonyl (C=O) groups is 1. The van der Waals surface area contributed by atoms with Crippen molar-refractivity contribution in [3.05, 3.63) is 78.4 Å². The van der Waals surface area contributed by atoms with Gasteiger partial charge in [-0.15, -0.1) is 0 Å². The van der Waals surface area contributed by atoms with Gasteiger partial charge >= 0.3 is 5.97 Å². The molecular formula is C24H18N2O2S. The highest BCUT2D eigenvalue weighted by atomic mass is 32.2. The van der Waals surface area contributed by atoms with Gasteiger partial charge in [-0.2, -0.15) is 0 Å². The fraction of sp³-hybridized carbons (Fsp3) is 0.0833. The first-order valence-electron chi connectivity index (χ1n) is 9.48. The van der Waals surface area contributed by atoms with Gasteiger partial charge in [-0.25, -0.2) is 9.78 Å². The Morgan fingerprint density at radius 3 is 2.66 bits per heavy atom. The fourth-order valence-corrected chi connectivity index (χ4v) is 4.47. The summed E-state index contributed by atoms with van der Waals surface area (Å²) < 4.78 is 5.27. The van der Waals surface area contributed by atoms with Crippen LogP contribution in [0.15, 0.2) is 82.6 Å². The molecule has 0 radical (unpaired) electrons. The van der Waals surface area contributed by atoms with Crippen LogP contribution < -0.4 is 5.32 Å². The maximum atomic E-state index is 12.5. The molecule has 0 spiro atoms. The lowest BCUT2D eigenvalue weighted by Gasteiger charge is -2.21. The number of carbonyl (C=O) groups excluding carboxylic acids is 1. The van der Waals surface area contributed by atoms with Gasteiger partial charge in [0, 0.05) is 20.7 Å². The molecule has 0 bridgehead atoms. The minimum Gasteiger partial charge on any atom is -0.462 e. The van der Waals surface area contributed by atoms with Gasteiger partial charge in [0.1, 0.15) is 0 Å². The number of para-hydroxylation sites is 2. The van der Waals surface area contributed by atoms with Gasteiger partial charge in [0.05, 0.1) is 34.8 Å². The Bertz CT molecular complexity index is 1250. The first kappa shape index (κ1) is 17.8. The number of fused-ring (bicyclic) bond motifs is 3. The van der Waals surface area contributed by atoms with Crippen LogP contribution >= 0.6 is 11.8 Å². The lowest BCUT2D eigenvalue weighted by molar-refractivity contribution is 0.0528. The largest absolute Gasteiger partial charge is 0.462 e. The third-order valence-corrected chi connectivity index (χ3v) is 6.01. The molecule has 2 heterocycles. The van der Waals surface area contributed by atoms with Crippen molar-refractivity contribution in [2.75, 3.05) is 11.9 Å². The molecule has 4 nitrogen and oxygen atoms in total. The predicted molar refractivity (Wildman–Crippen MR) is 117 cm³/mol. The molecule has 1 aromatic heterocycles. The van der Waals surface area contributed by atoms with Gasteiger partial charge in [0.25, 0.3) is 0 Å². The van der Waals surface area contributed by atoms with Gasteiger partial charge in [-0.05, 0) is 43.3 Å². The molecule has 1 N–H and O–H groups in total. The van der Waals surface area contributed by atoms with E-state index in [1.165, 1.54) is 9.79 Å². The lowest BCUT2D eigenvalue weighted by Crippen LogP contribution is -2.06. The topological polar surface area (TPSA) is 51.2 Å². The maximum absolute atomic E-state index is 12.5. The Labute approximate surface area is 172 Å². The van der Waals surface area contributed by atoms with E-state index >= 15 is 0 Å². The third kappa shape index (κ3) is 3.23. The van der Waals surface area contributed by atoms with Crippen LogP contribution in [0.25, 0.3) is 22.2 Å². The normalized spacial score (nSPS) is 12.0. The average Bonchev–Trinajstić information content (AvgIpc) is 2.76. The Morgan fingerprint density at radius 2 is 1.76 bits per heavy atom. The molecule has 0 unspecified atom stereocenters. The number of anilines is 2. The number of ether oxygens (including phenoxy) is 1. The zero-order valence-electron chi connectivity index (χ0n) is 15.8. The summed E-state index contributed by atoms with van der Waals surface area (Å²) in [7, 11) is 0. The lowest BCUT2D eigenvalue weighted by atomic mass is 10.0. The molecule has 0 amide bonds. The molecule has 5 rings (SSSR count). The molecule has 1 aliphatic rings. The summed E-state index contributed by atoms with van der Waals surface area (Å²) in [6.45, 7) is 2.15. The first-order valence-corrected chi connectivity index (χ1v) is 10.3. The molecule has 1 aliphatic heterocycles. The van der Waals surface area contributed by atoms with Gasteiger partial charge in [-0.3, -0.25) is 0 Å². The van der Waals surface area contributed by atoms with Crippen molar-refractivity contribution >= 4 is 40.0 Å². The van der Waals surface area contributed by atoms with E-state index in [1.54, 1.807) is 11.8 Å². The molecular weight excluding hydrogens is 380 g/mol. The second-order valence-electron chi connectivity index (χ2n) is 6.73. The first-order chi connectivity index (χ1) is 14.2. The molecule has 3 aromatic carbocycles. The molecule has 29 heavy (non-hydrogen) atoms. The number of nitrogens with one attached hydrogen (secondary N) is 1. The second-order valence-corrected chi connectivity index (χ2v) is 7.81. The SMILES string of the molecule is CCOC(=O)c1cc(-c2ccc3c(c2)Nc2ccccc2S3)nc2ccccc12. The monoisotopic (exact) mass is 398 g/mol. The highest BCUT2D eigenvalue weighted by Crippen LogP contribution is 2.45. The Balaban J connectivity index is 1.61. The van der Waals surface area contributed by atoms with E-state index < -0.39 is 0 Å². The molecule has 0 aliphatic carbocycles. The van der Waals surface area contributed by atoms with Crippen LogP contribution in [0.4, 0.5) is 11.4 Å². The Hall–Kier alpha value is -3.31. The van der Waals surface area contributed by atoms with Crippen molar-refractivity contribution in [3.63, 3.8) is 0 Å². The van der Waals surface area contributed by atoms with Crippen LogP contribution in [0.2, 0.25) is 0 Å². The maximum Gasteiger partial charge on any atom is 0.338 e. The number of pyridine rings is 1.